The van der Waals surface area contributed by atoms with E-state index in [1.807, 2.05) is 12.4 Å². The molecule has 0 saturated carbocycles. The van der Waals surface area contributed by atoms with Crippen molar-refractivity contribution in [2.45, 2.75) is 56.4 Å². The molecule has 148 valence electrons. The average Bonchev–Trinajstić information content (AvgIpc) is 2.98. The first-order valence-corrected chi connectivity index (χ1v) is 11.0. The molecule has 2 aromatic heterocycles. The molecule has 1 aliphatic heterocycles. The molecular weight excluding hydrogens is 366 g/mol. The number of nitrogens with one attached hydrogen (secondary N) is 1. The van der Waals surface area contributed by atoms with Crippen LogP contribution in [-0.4, -0.2) is 23.2 Å². The normalized spacial score (nSPS) is 16.0. The van der Waals surface area contributed by atoms with Crippen molar-refractivity contribution in [3.63, 3.8) is 0 Å². The number of aromatic nitrogens is 3. The van der Waals surface area contributed by atoms with E-state index >= 15 is 0 Å². The van der Waals surface area contributed by atoms with Crippen LogP contribution in [-0.2, 0) is 17.7 Å². The van der Waals surface area contributed by atoms with Crippen molar-refractivity contribution < 1.29 is 9.30 Å². The number of benzene rings is 1. The van der Waals surface area contributed by atoms with Crippen LogP contribution in [0.3, 0.4) is 0 Å². The molecule has 1 fully saturated rings. The van der Waals surface area contributed by atoms with Crippen LogP contribution in [0, 0.1) is 11.3 Å². The van der Waals surface area contributed by atoms with Crippen LogP contribution in [0.15, 0.2) is 52.5 Å². The van der Waals surface area contributed by atoms with Crippen molar-refractivity contribution in [3.8, 4) is 0 Å². The molecule has 1 aromatic carbocycles. The molecule has 28 heavy (non-hydrogen) atoms. The number of ether oxygens (including phenoxy) is 1. The predicted molar refractivity (Wildman–Crippen MR) is 114 cm³/mol. The first kappa shape index (κ1) is 19.5. The van der Waals surface area contributed by atoms with E-state index in [1.54, 1.807) is 11.8 Å². The van der Waals surface area contributed by atoms with Gasteiger partial charge in [-0.05, 0) is 42.5 Å². The van der Waals surface area contributed by atoms with Gasteiger partial charge in [0, 0.05) is 47.4 Å². The number of aromatic amines is 1. The summed E-state index contributed by atoms with van der Waals surface area (Å²) in [6.07, 6.45) is 7.05. The molecule has 0 spiro atoms. The Hall–Kier alpha value is -1.85. The van der Waals surface area contributed by atoms with Crippen LogP contribution < -0.4 is 4.57 Å². The quantitative estimate of drug-likeness (QED) is 0.616. The highest BCUT2D eigenvalue weighted by molar-refractivity contribution is 7.99. The van der Waals surface area contributed by atoms with Gasteiger partial charge in [-0.2, -0.15) is 0 Å². The van der Waals surface area contributed by atoms with E-state index in [9.17, 15) is 0 Å². The zero-order valence-corrected chi connectivity index (χ0v) is 17.9. The molecule has 0 bridgehead atoms. The zero-order valence-electron chi connectivity index (χ0n) is 17.1. The number of fused-ring (bicyclic) bond motifs is 1. The van der Waals surface area contributed by atoms with E-state index in [4.69, 9.17) is 4.74 Å². The number of nitrogens with zero attached hydrogens (tertiary/aromatic N) is 2. The maximum atomic E-state index is 5.57. The molecule has 0 radical (unpaired) electrons. The summed E-state index contributed by atoms with van der Waals surface area (Å²) in [4.78, 5) is 10.3. The van der Waals surface area contributed by atoms with Gasteiger partial charge in [0.1, 0.15) is 0 Å². The van der Waals surface area contributed by atoms with Gasteiger partial charge in [0.05, 0.1) is 13.0 Å². The summed E-state index contributed by atoms with van der Waals surface area (Å²) in [5.74, 6) is 2.03. The van der Waals surface area contributed by atoms with E-state index in [0.29, 0.717) is 5.92 Å². The van der Waals surface area contributed by atoms with Crippen molar-refractivity contribution in [2.24, 2.45) is 11.3 Å². The van der Waals surface area contributed by atoms with Crippen molar-refractivity contribution >= 4 is 22.8 Å². The Morgan fingerprint density at radius 1 is 1.11 bits per heavy atom. The average molecular weight is 397 g/mol. The van der Waals surface area contributed by atoms with E-state index in [0.717, 1.165) is 39.0 Å². The fourth-order valence-corrected chi connectivity index (χ4v) is 4.71. The Labute approximate surface area is 171 Å². The van der Waals surface area contributed by atoms with E-state index in [1.165, 1.54) is 26.6 Å². The van der Waals surface area contributed by atoms with Gasteiger partial charge in [-0.3, -0.25) is 4.98 Å². The maximum absolute atomic E-state index is 5.57. The number of pyridine rings is 1. The smallest absolute Gasteiger partial charge is 0.255 e. The summed E-state index contributed by atoms with van der Waals surface area (Å²) in [6.45, 7) is 9.79. The zero-order chi connectivity index (χ0) is 19.6. The minimum absolute atomic E-state index is 0.243. The Morgan fingerprint density at radius 3 is 2.57 bits per heavy atom. The molecule has 3 heterocycles. The predicted octanol–water partition coefficient (Wildman–Crippen LogP) is 5.02. The Morgan fingerprint density at radius 2 is 1.86 bits per heavy atom. The van der Waals surface area contributed by atoms with Crippen LogP contribution in [0.4, 0.5) is 0 Å². The standard InChI is InChI=1S/C23H29N3OS/c1-23(2,3)15-22-25-20-14-19(28-18-6-10-24-11-7-18)4-5-21(20)26(22)16-17-8-12-27-13-9-17/h4-7,10-11,14,17H,8-9,12-13,15-16H2,1-3H3/p+1. The number of imidazole rings is 1. The first-order valence-electron chi connectivity index (χ1n) is 10.2. The summed E-state index contributed by atoms with van der Waals surface area (Å²) in [7, 11) is 0. The largest absolute Gasteiger partial charge is 0.381 e. The van der Waals surface area contributed by atoms with Crippen LogP contribution in [0.25, 0.3) is 11.0 Å². The third-order valence-corrected chi connectivity index (χ3v) is 6.23. The molecule has 1 N–H and O–H groups in total. The minimum Gasteiger partial charge on any atom is -0.381 e. The third-order valence-electron chi connectivity index (χ3n) is 5.23. The molecule has 4 rings (SSSR count). The first-order chi connectivity index (χ1) is 13.5. The summed E-state index contributed by atoms with van der Waals surface area (Å²) < 4.78 is 8.09. The second-order valence-corrected chi connectivity index (χ2v) is 10.1. The van der Waals surface area contributed by atoms with Gasteiger partial charge in [-0.1, -0.05) is 32.5 Å². The minimum atomic E-state index is 0.243. The molecule has 0 aliphatic carbocycles. The van der Waals surface area contributed by atoms with Gasteiger partial charge in [0.15, 0.2) is 11.0 Å². The van der Waals surface area contributed by atoms with Crippen LogP contribution in [0.5, 0.6) is 0 Å². The van der Waals surface area contributed by atoms with Crippen molar-refractivity contribution in [1.82, 2.24) is 9.97 Å². The summed E-state index contributed by atoms with van der Waals surface area (Å²) in [5.41, 5.74) is 2.78. The molecular formula is C23H30N3OS+. The maximum Gasteiger partial charge on any atom is 0.255 e. The molecule has 0 atom stereocenters. The van der Waals surface area contributed by atoms with Gasteiger partial charge < -0.3 is 4.74 Å². The van der Waals surface area contributed by atoms with E-state index in [-0.39, 0.29) is 5.41 Å². The van der Waals surface area contributed by atoms with Gasteiger partial charge in [-0.15, -0.1) is 0 Å². The van der Waals surface area contributed by atoms with Crippen LogP contribution in [0.2, 0.25) is 0 Å². The van der Waals surface area contributed by atoms with Crippen molar-refractivity contribution in [1.29, 1.82) is 0 Å². The second kappa shape index (κ2) is 8.26. The molecule has 5 heteroatoms. The fraction of sp³-hybridized carbons (Fsp3) is 0.478. The topological polar surface area (TPSA) is 41.8 Å². The van der Waals surface area contributed by atoms with Gasteiger partial charge in [0.2, 0.25) is 0 Å². The van der Waals surface area contributed by atoms with Gasteiger partial charge in [0.25, 0.3) is 5.82 Å². The lowest BCUT2D eigenvalue weighted by Gasteiger charge is -2.22. The molecule has 0 amide bonds. The second-order valence-electron chi connectivity index (χ2n) is 8.94. The number of hydrogen-bond acceptors (Lipinski definition) is 3. The van der Waals surface area contributed by atoms with Crippen molar-refractivity contribution in [3.05, 3.63) is 48.5 Å². The number of H-pyrrole nitrogens is 1. The van der Waals surface area contributed by atoms with Gasteiger partial charge >= 0.3 is 0 Å². The molecule has 3 aromatic rings. The van der Waals surface area contributed by atoms with Crippen molar-refractivity contribution in [2.75, 3.05) is 13.2 Å². The Bertz CT molecular complexity index is 924. The van der Waals surface area contributed by atoms with Gasteiger partial charge in [-0.25, -0.2) is 9.55 Å². The Balaban J connectivity index is 1.66. The highest BCUT2D eigenvalue weighted by Crippen LogP contribution is 2.30. The number of hydrogen-bond donors (Lipinski definition) is 1. The monoisotopic (exact) mass is 396 g/mol. The van der Waals surface area contributed by atoms with E-state index < -0.39 is 0 Å². The molecule has 1 saturated heterocycles. The lowest BCUT2D eigenvalue weighted by atomic mass is 9.91. The highest BCUT2D eigenvalue weighted by Gasteiger charge is 2.27. The summed E-state index contributed by atoms with van der Waals surface area (Å²) in [5, 5.41) is 0. The highest BCUT2D eigenvalue weighted by atomic mass is 32.2. The van der Waals surface area contributed by atoms with Crippen LogP contribution >= 0.6 is 11.8 Å². The fourth-order valence-electron chi connectivity index (χ4n) is 3.86. The molecule has 1 aliphatic rings. The summed E-state index contributed by atoms with van der Waals surface area (Å²) in [6, 6.07) is 10.9. The third kappa shape index (κ3) is 4.76. The SMILES string of the molecule is CC(C)(C)Cc1[nH]c2cc(Sc3ccncc3)ccc2[n+]1CC1CCOCC1. The summed E-state index contributed by atoms with van der Waals surface area (Å²) >= 11 is 1.78. The lowest BCUT2D eigenvalue weighted by Crippen LogP contribution is -2.43. The van der Waals surface area contributed by atoms with Crippen LogP contribution in [0.1, 0.15) is 39.4 Å². The molecule has 4 nitrogen and oxygen atoms in total. The molecule has 0 unspecified atom stereocenters. The Kier molecular flexibility index (Phi) is 5.74. The number of rotatable bonds is 5. The van der Waals surface area contributed by atoms with E-state index in [2.05, 4.69) is 65.6 Å². The lowest BCUT2D eigenvalue weighted by molar-refractivity contribution is -0.686.